The third-order valence-electron chi connectivity index (χ3n) is 3.68. The van der Waals surface area contributed by atoms with Crippen LogP contribution < -0.4 is 5.32 Å². The third-order valence-corrected chi connectivity index (χ3v) is 3.68. The molecule has 1 aliphatic carbocycles. The number of unbranched alkanes of at least 4 members (excludes halogenated alkanes) is 1. The van der Waals surface area contributed by atoms with Gasteiger partial charge in [0.2, 0.25) is 0 Å². The second-order valence-electron chi connectivity index (χ2n) is 4.99. The molecule has 0 heterocycles. The van der Waals surface area contributed by atoms with Crippen LogP contribution in [-0.2, 0) is 11.2 Å². The van der Waals surface area contributed by atoms with Gasteiger partial charge in [0.15, 0.2) is 0 Å². The van der Waals surface area contributed by atoms with Crippen molar-refractivity contribution in [2.45, 2.75) is 51.1 Å². The standard InChI is InChI=1S/C15H21NO2/c1-2-3-8-14(15(17)18)16-13-10-9-11-6-4-5-7-12(11)13/h4-7,13-14,16H,2-3,8-10H2,1H3,(H,17,18). The summed E-state index contributed by atoms with van der Waals surface area (Å²) in [4.78, 5) is 11.2. The normalized spacial score (nSPS) is 19.5. The van der Waals surface area contributed by atoms with E-state index in [0.717, 1.165) is 25.7 Å². The van der Waals surface area contributed by atoms with Crippen LogP contribution in [0.3, 0.4) is 0 Å². The Hall–Kier alpha value is -1.35. The highest BCUT2D eigenvalue weighted by molar-refractivity contribution is 5.73. The zero-order valence-corrected chi connectivity index (χ0v) is 10.9. The number of carbonyl (C=O) groups is 1. The third kappa shape index (κ3) is 2.91. The molecule has 2 rings (SSSR count). The Morgan fingerprint density at radius 2 is 2.28 bits per heavy atom. The molecule has 0 bridgehead atoms. The smallest absolute Gasteiger partial charge is 0.320 e. The summed E-state index contributed by atoms with van der Waals surface area (Å²) in [6, 6.07) is 8.12. The van der Waals surface area contributed by atoms with Gasteiger partial charge in [-0.15, -0.1) is 0 Å². The molecule has 0 radical (unpaired) electrons. The molecule has 0 saturated heterocycles. The molecule has 0 spiro atoms. The van der Waals surface area contributed by atoms with E-state index in [2.05, 4.69) is 24.4 Å². The Kier molecular flexibility index (Phi) is 4.37. The molecule has 3 heteroatoms. The number of aryl methyl sites for hydroxylation is 1. The second kappa shape index (κ2) is 6.01. The van der Waals surface area contributed by atoms with Crippen LogP contribution in [0.25, 0.3) is 0 Å². The van der Waals surface area contributed by atoms with Gasteiger partial charge in [-0.2, -0.15) is 0 Å². The molecule has 0 saturated carbocycles. The Balaban J connectivity index is 2.02. The molecule has 0 aliphatic heterocycles. The molecule has 0 amide bonds. The van der Waals surface area contributed by atoms with Crippen molar-refractivity contribution in [2.24, 2.45) is 0 Å². The minimum absolute atomic E-state index is 0.208. The molecule has 2 N–H and O–H groups in total. The number of carboxylic acid groups (broad SMARTS) is 1. The predicted molar refractivity (Wildman–Crippen MR) is 71.6 cm³/mol. The number of hydrogen-bond acceptors (Lipinski definition) is 2. The summed E-state index contributed by atoms with van der Waals surface area (Å²) >= 11 is 0. The lowest BCUT2D eigenvalue weighted by Crippen LogP contribution is -2.38. The minimum atomic E-state index is -0.729. The summed E-state index contributed by atoms with van der Waals surface area (Å²) in [6.07, 6.45) is 4.76. The van der Waals surface area contributed by atoms with E-state index in [0.29, 0.717) is 6.42 Å². The van der Waals surface area contributed by atoms with E-state index in [-0.39, 0.29) is 6.04 Å². The average Bonchev–Trinajstić information content (AvgIpc) is 2.77. The van der Waals surface area contributed by atoms with Gasteiger partial charge in [0.25, 0.3) is 0 Å². The van der Waals surface area contributed by atoms with Crippen LogP contribution in [0.4, 0.5) is 0 Å². The molecule has 1 aromatic rings. The van der Waals surface area contributed by atoms with Gasteiger partial charge < -0.3 is 5.11 Å². The van der Waals surface area contributed by atoms with Crippen LogP contribution in [0, 0.1) is 0 Å². The van der Waals surface area contributed by atoms with Gasteiger partial charge in [-0.3, -0.25) is 10.1 Å². The lowest BCUT2D eigenvalue weighted by atomic mass is 10.1. The number of rotatable bonds is 6. The largest absolute Gasteiger partial charge is 0.480 e. The lowest BCUT2D eigenvalue weighted by molar-refractivity contribution is -0.139. The summed E-state index contributed by atoms with van der Waals surface area (Å²) in [6.45, 7) is 2.09. The molecule has 18 heavy (non-hydrogen) atoms. The van der Waals surface area contributed by atoms with Gasteiger partial charge in [-0.05, 0) is 30.4 Å². The maximum absolute atomic E-state index is 11.2. The molecule has 2 unspecified atom stereocenters. The first-order valence-electron chi connectivity index (χ1n) is 6.79. The van der Waals surface area contributed by atoms with Crippen LogP contribution in [0.2, 0.25) is 0 Å². The lowest BCUT2D eigenvalue weighted by Gasteiger charge is -2.20. The first-order chi connectivity index (χ1) is 8.72. The van der Waals surface area contributed by atoms with Crippen molar-refractivity contribution < 1.29 is 9.90 Å². The fourth-order valence-corrected chi connectivity index (χ4v) is 2.66. The van der Waals surface area contributed by atoms with Crippen molar-refractivity contribution in [1.82, 2.24) is 5.32 Å². The number of nitrogens with one attached hydrogen (secondary N) is 1. The van der Waals surface area contributed by atoms with E-state index in [4.69, 9.17) is 0 Å². The fourth-order valence-electron chi connectivity index (χ4n) is 2.66. The molecule has 0 fully saturated rings. The van der Waals surface area contributed by atoms with Crippen molar-refractivity contribution in [3.8, 4) is 0 Å². The Morgan fingerprint density at radius 1 is 1.50 bits per heavy atom. The molecule has 1 aromatic carbocycles. The summed E-state index contributed by atoms with van der Waals surface area (Å²) in [5.74, 6) is -0.729. The average molecular weight is 247 g/mol. The highest BCUT2D eigenvalue weighted by atomic mass is 16.4. The Morgan fingerprint density at radius 3 is 3.00 bits per heavy atom. The first kappa shape index (κ1) is 13.1. The SMILES string of the molecule is CCCCC(NC1CCc2ccccc21)C(=O)O. The fraction of sp³-hybridized carbons (Fsp3) is 0.533. The molecule has 1 aliphatic rings. The highest BCUT2D eigenvalue weighted by Crippen LogP contribution is 2.31. The summed E-state index contributed by atoms with van der Waals surface area (Å²) < 4.78 is 0. The van der Waals surface area contributed by atoms with E-state index in [1.807, 2.05) is 12.1 Å². The molecular formula is C15H21NO2. The Bertz CT molecular complexity index is 417. The van der Waals surface area contributed by atoms with E-state index >= 15 is 0 Å². The van der Waals surface area contributed by atoms with Crippen molar-refractivity contribution in [1.29, 1.82) is 0 Å². The topological polar surface area (TPSA) is 49.3 Å². The monoisotopic (exact) mass is 247 g/mol. The molecule has 3 nitrogen and oxygen atoms in total. The zero-order valence-electron chi connectivity index (χ0n) is 10.9. The van der Waals surface area contributed by atoms with Gasteiger partial charge in [-0.25, -0.2) is 0 Å². The predicted octanol–water partition coefficient (Wildman–Crippen LogP) is 2.91. The van der Waals surface area contributed by atoms with Crippen LogP contribution in [0.15, 0.2) is 24.3 Å². The number of hydrogen-bond donors (Lipinski definition) is 2. The maximum atomic E-state index is 11.2. The molecule has 2 atom stereocenters. The van der Waals surface area contributed by atoms with E-state index < -0.39 is 12.0 Å². The number of carboxylic acids is 1. The van der Waals surface area contributed by atoms with Crippen molar-refractivity contribution in [3.63, 3.8) is 0 Å². The van der Waals surface area contributed by atoms with E-state index in [9.17, 15) is 9.90 Å². The van der Waals surface area contributed by atoms with Gasteiger partial charge in [0.05, 0.1) is 0 Å². The summed E-state index contributed by atoms with van der Waals surface area (Å²) in [7, 11) is 0. The minimum Gasteiger partial charge on any atom is -0.480 e. The van der Waals surface area contributed by atoms with Gasteiger partial charge >= 0.3 is 5.97 Å². The van der Waals surface area contributed by atoms with Crippen molar-refractivity contribution in [3.05, 3.63) is 35.4 Å². The molecule has 98 valence electrons. The number of benzene rings is 1. The quantitative estimate of drug-likeness (QED) is 0.812. The van der Waals surface area contributed by atoms with Gasteiger partial charge in [0.1, 0.15) is 6.04 Å². The van der Waals surface area contributed by atoms with E-state index in [1.165, 1.54) is 11.1 Å². The molecular weight excluding hydrogens is 226 g/mol. The van der Waals surface area contributed by atoms with Crippen LogP contribution in [0.5, 0.6) is 0 Å². The summed E-state index contributed by atoms with van der Waals surface area (Å²) in [5.41, 5.74) is 2.63. The van der Waals surface area contributed by atoms with E-state index in [1.54, 1.807) is 0 Å². The van der Waals surface area contributed by atoms with Crippen molar-refractivity contribution in [2.75, 3.05) is 0 Å². The first-order valence-corrected chi connectivity index (χ1v) is 6.79. The van der Waals surface area contributed by atoms with Gasteiger partial charge in [0, 0.05) is 6.04 Å². The highest BCUT2D eigenvalue weighted by Gasteiger charge is 2.26. The molecule has 0 aromatic heterocycles. The summed E-state index contributed by atoms with van der Waals surface area (Å²) in [5, 5.41) is 12.6. The van der Waals surface area contributed by atoms with Crippen LogP contribution in [0.1, 0.15) is 49.8 Å². The number of fused-ring (bicyclic) bond motifs is 1. The maximum Gasteiger partial charge on any atom is 0.320 e. The Labute approximate surface area is 108 Å². The van der Waals surface area contributed by atoms with Crippen LogP contribution in [-0.4, -0.2) is 17.1 Å². The second-order valence-corrected chi connectivity index (χ2v) is 4.99. The van der Waals surface area contributed by atoms with Crippen molar-refractivity contribution >= 4 is 5.97 Å². The van der Waals surface area contributed by atoms with Crippen LogP contribution >= 0.6 is 0 Å². The number of aliphatic carboxylic acids is 1. The zero-order chi connectivity index (χ0) is 13.0. The van der Waals surface area contributed by atoms with Gasteiger partial charge in [-0.1, -0.05) is 44.0 Å².